The first kappa shape index (κ1) is 11.1. The molecule has 0 unspecified atom stereocenters. The molecular formula is C11H14O5. The quantitative estimate of drug-likeness (QED) is 0.500. The number of fused-ring (bicyclic) bond motifs is 2. The van der Waals surface area contributed by atoms with E-state index in [1.807, 2.05) is 0 Å². The first-order valence-electron chi connectivity index (χ1n) is 5.06. The zero-order valence-electron chi connectivity index (χ0n) is 9.43. The number of hydrogen-bond donors (Lipinski definition) is 0. The fourth-order valence-corrected chi connectivity index (χ4v) is 2.49. The first-order valence-corrected chi connectivity index (χ1v) is 5.06. The zero-order valence-corrected chi connectivity index (χ0v) is 9.43. The highest BCUT2D eigenvalue weighted by molar-refractivity contribution is 5.85. The molecule has 2 heterocycles. The summed E-state index contributed by atoms with van der Waals surface area (Å²) in [5.74, 6) is -2.11. The van der Waals surface area contributed by atoms with Gasteiger partial charge in [-0.05, 0) is 6.92 Å². The minimum absolute atomic E-state index is 0.387. The molecule has 5 nitrogen and oxygen atoms in total. The van der Waals surface area contributed by atoms with E-state index in [1.54, 1.807) is 19.1 Å². The van der Waals surface area contributed by atoms with Crippen LogP contribution in [0.4, 0.5) is 0 Å². The zero-order chi connectivity index (χ0) is 11.9. The number of carbonyl (C=O) groups is 2. The normalized spacial score (nSPS) is 39.8. The molecule has 2 aliphatic heterocycles. The van der Waals surface area contributed by atoms with Gasteiger partial charge in [0.15, 0.2) is 0 Å². The van der Waals surface area contributed by atoms with Crippen LogP contribution in [0.1, 0.15) is 6.92 Å². The third-order valence-corrected chi connectivity index (χ3v) is 3.27. The van der Waals surface area contributed by atoms with Crippen molar-refractivity contribution in [2.75, 3.05) is 14.2 Å². The molecule has 0 N–H and O–H groups in total. The Morgan fingerprint density at radius 3 is 2.44 bits per heavy atom. The molecule has 0 spiro atoms. The van der Waals surface area contributed by atoms with E-state index in [0.717, 1.165) is 0 Å². The molecule has 88 valence electrons. The Hall–Kier alpha value is -1.36. The molecule has 2 rings (SSSR count). The molecule has 0 aromatic carbocycles. The second-order valence-electron chi connectivity index (χ2n) is 4.18. The van der Waals surface area contributed by atoms with Crippen LogP contribution in [0.5, 0.6) is 0 Å². The van der Waals surface area contributed by atoms with E-state index in [-0.39, 0.29) is 6.10 Å². The second kappa shape index (κ2) is 3.59. The highest BCUT2D eigenvalue weighted by Gasteiger charge is 2.60. The molecule has 4 atom stereocenters. The van der Waals surface area contributed by atoms with Gasteiger partial charge in [0.1, 0.15) is 11.8 Å². The summed E-state index contributed by atoms with van der Waals surface area (Å²) >= 11 is 0. The molecule has 0 radical (unpaired) electrons. The fraction of sp³-hybridized carbons (Fsp3) is 0.636. The minimum atomic E-state index is -0.753. The van der Waals surface area contributed by atoms with Crippen LogP contribution >= 0.6 is 0 Å². The Bertz CT molecular complexity index is 361. The fourth-order valence-electron chi connectivity index (χ4n) is 2.49. The van der Waals surface area contributed by atoms with Gasteiger partial charge in [-0.3, -0.25) is 9.59 Å². The molecule has 0 aliphatic carbocycles. The van der Waals surface area contributed by atoms with Crippen LogP contribution in [0, 0.1) is 11.8 Å². The highest BCUT2D eigenvalue weighted by Crippen LogP contribution is 2.47. The van der Waals surface area contributed by atoms with E-state index in [1.165, 1.54) is 14.2 Å². The summed E-state index contributed by atoms with van der Waals surface area (Å²) in [4.78, 5) is 23.3. The van der Waals surface area contributed by atoms with Crippen LogP contribution in [0.25, 0.3) is 0 Å². The van der Waals surface area contributed by atoms with Gasteiger partial charge < -0.3 is 14.2 Å². The van der Waals surface area contributed by atoms with Crippen LogP contribution in [0.15, 0.2) is 12.2 Å². The van der Waals surface area contributed by atoms with Gasteiger partial charge in [-0.2, -0.15) is 0 Å². The standard InChI is InChI=1S/C11H14O5/c1-11-5-4-6(16-11)7(9(12)14-2)8(11)10(13)15-3/h4-8H,1-3H3/t6-,7+,8-,11+/m0/s1. The summed E-state index contributed by atoms with van der Waals surface area (Å²) in [6, 6.07) is 0. The van der Waals surface area contributed by atoms with Crippen molar-refractivity contribution in [3.63, 3.8) is 0 Å². The predicted molar refractivity (Wildman–Crippen MR) is 53.4 cm³/mol. The topological polar surface area (TPSA) is 61.8 Å². The number of rotatable bonds is 2. The molecule has 2 bridgehead atoms. The van der Waals surface area contributed by atoms with E-state index in [2.05, 4.69) is 0 Å². The summed E-state index contributed by atoms with van der Waals surface area (Å²) in [5.41, 5.74) is -0.753. The SMILES string of the molecule is COC(=O)[C@@H]1[C@@H]2C=C[C@@](C)(O2)[C@@H]1C(=O)OC. The van der Waals surface area contributed by atoms with E-state index in [9.17, 15) is 9.59 Å². The van der Waals surface area contributed by atoms with Crippen molar-refractivity contribution in [3.8, 4) is 0 Å². The summed E-state index contributed by atoms with van der Waals surface area (Å²) in [6.45, 7) is 1.77. The molecule has 0 aromatic rings. The largest absolute Gasteiger partial charge is 0.469 e. The van der Waals surface area contributed by atoms with Gasteiger partial charge in [-0.25, -0.2) is 0 Å². The van der Waals surface area contributed by atoms with Crippen LogP contribution in [0.3, 0.4) is 0 Å². The van der Waals surface area contributed by atoms with Gasteiger partial charge in [-0.1, -0.05) is 12.2 Å². The lowest BCUT2D eigenvalue weighted by atomic mass is 9.76. The van der Waals surface area contributed by atoms with E-state index >= 15 is 0 Å². The third-order valence-electron chi connectivity index (χ3n) is 3.27. The van der Waals surface area contributed by atoms with Gasteiger partial charge in [0, 0.05) is 0 Å². The smallest absolute Gasteiger partial charge is 0.312 e. The lowest BCUT2D eigenvalue weighted by Crippen LogP contribution is -2.42. The number of carbonyl (C=O) groups excluding carboxylic acids is 2. The highest BCUT2D eigenvalue weighted by atomic mass is 16.6. The van der Waals surface area contributed by atoms with Crippen molar-refractivity contribution in [1.82, 2.24) is 0 Å². The molecule has 0 aromatic heterocycles. The number of hydrogen-bond acceptors (Lipinski definition) is 5. The Morgan fingerprint density at radius 2 is 1.88 bits per heavy atom. The maximum atomic E-state index is 11.7. The molecule has 16 heavy (non-hydrogen) atoms. The van der Waals surface area contributed by atoms with Crippen molar-refractivity contribution in [1.29, 1.82) is 0 Å². The van der Waals surface area contributed by atoms with Crippen molar-refractivity contribution in [2.24, 2.45) is 11.8 Å². The molecule has 1 saturated heterocycles. The first-order chi connectivity index (χ1) is 7.53. The Balaban J connectivity index is 2.34. The van der Waals surface area contributed by atoms with Gasteiger partial charge in [0.2, 0.25) is 0 Å². The van der Waals surface area contributed by atoms with Crippen LogP contribution in [-0.2, 0) is 23.8 Å². The monoisotopic (exact) mass is 226 g/mol. The third kappa shape index (κ3) is 1.35. The van der Waals surface area contributed by atoms with Crippen molar-refractivity contribution in [3.05, 3.63) is 12.2 Å². The Kier molecular flexibility index (Phi) is 2.50. The number of esters is 2. The average Bonchev–Trinajstić information content (AvgIpc) is 2.79. The second-order valence-corrected chi connectivity index (χ2v) is 4.18. The number of ether oxygens (including phenoxy) is 3. The molecular weight excluding hydrogens is 212 g/mol. The predicted octanol–water partition coefficient (Wildman–Crippen LogP) is 0.292. The van der Waals surface area contributed by atoms with Crippen molar-refractivity contribution >= 4 is 11.9 Å². The Morgan fingerprint density at radius 1 is 1.25 bits per heavy atom. The molecule has 0 amide bonds. The minimum Gasteiger partial charge on any atom is -0.469 e. The molecule has 2 aliphatic rings. The molecule has 5 heteroatoms. The lowest BCUT2D eigenvalue weighted by Gasteiger charge is -2.26. The Labute approximate surface area is 93.4 Å². The number of methoxy groups -OCH3 is 2. The van der Waals surface area contributed by atoms with Crippen molar-refractivity contribution < 1.29 is 23.8 Å². The van der Waals surface area contributed by atoms with Crippen LogP contribution in [-0.4, -0.2) is 37.9 Å². The van der Waals surface area contributed by atoms with Crippen molar-refractivity contribution in [2.45, 2.75) is 18.6 Å². The maximum absolute atomic E-state index is 11.7. The molecule has 1 fully saturated rings. The maximum Gasteiger partial charge on any atom is 0.312 e. The summed E-state index contributed by atoms with van der Waals surface area (Å²) in [6.07, 6.45) is 3.21. The summed E-state index contributed by atoms with van der Waals surface area (Å²) < 4.78 is 15.0. The summed E-state index contributed by atoms with van der Waals surface area (Å²) in [5, 5.41) is 0. The van der Waals surface area contributed by atoms with E-state index in [0.29, 0.717) is 0 Å². The van der Waals surface area contributed by atoms with E-state index in [4.69, 9.17) is 14.2 Å². The van der Waals surface area contributed by atoms with Crippen LogP contribution in [0.2, 0.25) is 0 Å². The van der Waals surface area contributed by atoms with Gasteiger partial charge in [0.05, 0.1) is 25.9 Å². The molecule has 0 saturated carbocycles. The van der Waals surface area contributed by atoms with Crippen LogP contribution < -0.4 is 0 Å². The van der Waals surface area contributed by atoms with E-state index < -0.39 is 29.4 Å². The average molecular weight is 226 g/mol. The van der Waals surface area contributed by atoms with Gasteiger partial charge in [0.25, 0.3) is 0 Å². The lowest BCUT2D eigenvalue weighted by molar-refractivity contribution is -0.157. The summed E-state index contributed by atoms with van der Waals surface area (Å²) in [7, 11) is 2.60. The van der Waals surface area contributed by atoms with Gasteiger partial charge >= 0.3 is 11.9 Å². The van der Waals surface area contributed by atoms with Gasteiger partial charge in [-0.15, -0.1) is 0 Å².